The highest BCUT2D eigenvalue weighted by Crippen LogP contribution is 2.37. The van der Waals surface area contributed by atoms with Crippen molar-refractivity contribution in [2.24, 2.45) is 0 Å². The average molecular weight is 275 g/mol. The molecule has 0 aliphatic rings. The number of hydrogen-bond acceptors (Lipinski definition) is 1. The number of aryl methyl sites for hydroxylation is 2. The molecule has 0 radical (unpaired) electrons. The van der Waals surface area contributed by atoms with Crippen molar-refractivity contribution in [2.75, 3.05) is 0 Å². The molecule has 1 aromatic rings. The Balaban J connectivity index is 3.85. The highest BCUT2D eigenvalue weighted by Gasteiger charge is 2.30. The van der Waals surface area contributed by atoms with Gasteiger partial charge in [0.05, 0.1) is 0 Å². The molecule has 0 N–H and O–H groups in total. The maximum Gasteiger partial charge on any atom is 0.0444 e. The summed E-state index contributed by atoms with van der Waals surface area (Å²) in [5.74, 6) is 0. The molecule has 0 atom stereocenters. The molecule has 0 aliphatic heterocycles. The van der Waals surface area contributed by atoms with Crippen molar-refractivity contribution in [1.82, 2.24) is 4.98 Å². The molecule has 114 valence electrons. The monoisotopic (exact) mass is 275 g/mol. The van der Waals surface area contributed by atoms with Gasteiger partial charge in [-0.05, 0) is 46.8 Å². The lowest BCUT2D eigenvalue weighted by atomic mass is 9.73. The minimum absolute atomic E-state index is 0.163. The van der Waals surface area contributed by atoms with Gasteiger partial charge in [-0.3, -0.25) is 4.98 Å². The van der Waals surface area contributed by atoms with Crippen LogP contribution in [-0.2, 0) is 30.1 Å². The van der Waals surface area contributed by atoms with Gasteiger partial charge in [0.15, 0.2) is 0 Å². The maximum absolute atomic E-state index is 5.05. The summed E-state index contributed by atoms with van der Waals surface area (Å²) < 4.78 is 0. The highest BCUT2D eigenvalue weighted by atomic mass is 14.7. The van der Waals surface area contributed by atoms with Gasteiger partial charge in [0.25, 0.3) is 0 Å². The van der Waals surface area contributed by atoms with Crippen LogP contribution in [-0.4, -0.2) is 4.98 Å². The van der Waals surface area contributed by atoms with Crippen LogP contribution in [0.25, 0.3) is 0 Å². The highest BCUT2D eigenvalue weighted by molar-refractivity contribution is 5.47. The smallest absolute Gasteiger partial charge is 0.0444 e. The molecule has 1 heterocycles. The summed E-state index contributed by atoms with van der Waals surface area (Å²) in [7, 11) is 0. The summed E-state index contributed by atoms with van der Waals surface area (Å²) in [5.41, 5.74) is 7.47. The summed E-state index contributed by atoms with van der Waals surface area (Å²) in [6.07, 6.45) is 3.15. The molecular formula is C19H33N. The lowest BCUT2D eigenvalue weighted by molar-refractivity contribution is 0.537. The van der Waals surface area contributed by atoms with E-state index in [9.17, 15) is 0 Å². The normalized spacial score (nSPS) is 12.8. The first-order valence-corrected chi connectivity index (χ1v) is 8.13. The van der Waals surface area contributed by atoms with E-state index in [-0.39, 0.29) is 10.8 Å². The molecular weight excluding hydrogens is 242 g/mol. The molecule has 0 aromatic carbocycles. The van der Waals surface area contributed by atoms with E-state index in [4.69, 9.17) is 4.98 Å². The van der Waals surface area contributed by atoms with E-state index in [0.29, 0.717) is 0 Å². The van der Waals surface area contributed by atoms with Gasteiger partial charge in [0.1, 0.15) is 0 Å². The largest absolute Gasteiger partial charge is 0.257 e. The summed E-state index contributed by atoms with van der Waals surface area (Å²) in [5, 5.41) is 0. The van der Waals surface area contributed by atoms with Crippen molar-refractivity contribution in [3.63, 3.8) is 0 Å². The second-order valence-corrected chi connectivity index (χ2v) is 7.79. The van der Waals surface area contributed by atoms with Crippen LogP contribution in [0.5, 0.6) is 0 Å². The molecule has 0 saturated carbocycles. The number of aromatic nitrogens is 1. The van der Waals surface area contributed by atoms with E-state index in [1.165, 1.54) is 22.5 Å². The predicted octanol–water partition coefficient (Wildman–Crippen LogP) is 5.36. The fourth-order valence-corrected chi connectivity index (χ4v) is 3.38. The Hall–Kier alpha value is -0.850. The van der Waals surface area contributed by atoms with E-state index in [0.717, 1.165) is 19.3 Å². The zero-order valence-electron chi connectivity index (χ0n) is 15.1. The van der Waals surface area contributed by atoms with Gasteiger partial charge < -0.3 is 0 Å². The van der Waals surface area contributed by atoms with Gasteiger partial charge in [-0.2, -0.15) is 0 Å². The molecule has 1 heteroatoms. The fourth-order valence-electron chi connectivity index (χ4n) is 3.38. The Bertz CT molecular complexity index is 430. The Morgan fingerprint density at radius 3 is 1.20 bits per heavy atom. The number of nitrogens with zero attached hydrogens (tertiary/aromatic N) is 1. The van der Waals surface area contributed by atoms with Crippen molar-refractivity contribution < 1.29 is 0 Å². The molecule has 0 aliphatic carbocycles. The SMILES string of the molecule is CCc1nc(CC)c(C(C)(C)C)c(CC)c1C(C)(C)C. The topological polar surface area (TPSA) is 12.9 Å². The van der Waals surface area contributed by atoms with Gasteiger partial charge in [-0.1, -0.05) is 62.3 Å². The number of rotatable bonds is 3. The lowest BCUT2D eigenvalue weighted by Crippen LogP contribution is -2.26. The quantitative estimate of drug-likeness (QED) is 0.723. The molecule has 0 amide bonds. The summed E-state index contributed by atoms with van der Waals surface area (Å²) in [4.78, 5) is 5.05. The number of pyridine rings is 1. The van der Waals surface area contributed by atoms with Crippen molar-refractivity contribution in [3.05, 3.63) is 28.1 Å². The third-order valence-electron chi connectivity index (χ3n) is 3.97. The summed E-state index contributed by atoms with van der Waals surface area (Å²) >= 11 is 0. The molecule has 0 spiro atoms. The standard InChI is InChI=1S/C19H33N/c1-10-13-16(18(4,5)6)14(11-2)20-15(12-3)17(13)19(7,8)9/h10-12H2,1-9H3. The van der Waals surface area contributed by atoms with E-state index >= 15 is 0 Å². The molecule has 0 fully saturated rings. The van der Waals surface area contributed by atoms with Crippen LogP contribution in [0.4, 0.5) is 0 Å². The van der Waals surface area contributed by atoms with Crippen molar-refractivity contribution in [2.45, 2.75) is 92.4 Å². The van der Waals surface area contributed by atoms with E-state index in [1.54, 1.807) is 5.56 Å². The van der Waals surface area contributed by atoms with Crippen molar-refractivity contribution >= 4 is 0 Å². The molecule has 20 heavy (non-hydrogen) atoms. The average Bonchev–Trinajstić information content (AvgIpc) is 2.33. The van der Waals surface area contributed by atoms with Crippen LogP contribution >= 0.6 is 0 Å². The van der Waals surface area contributed by atoms with E-state index in [1.807, 2.05) is 0 Å². The molecule has 0 unspecified atom stereocenters. The van der Waals surface area contributed by atoms with Gasteiger partial charge in [-0.15, -0.1) is 0 Å². The first-order chi connectivity index (χ1) is 9.07. The van der Waals surface area contributed by atoms with Crippen molar-refractivity contribution in [3.8, 4) is 0 Å². The van der Waals surface area contributed by atoms with Crippen molar-refractivity contribution in [1.29, 1.82) is 0 Å². The third kappa shape index (κ3) is 3.24. The Kier molecular flexibility index (Phi) is 5.05. The third-order valence-corrected chi connectivity index (χ3v) is 3.97. The molecule has 0 saturated heterocycles. The summed E-state index contributed by atoms with van der Waals surface area (Å²) in [6.45, 7) is 20.7. The van der Waals surface area contributed by atoms with Gasteiger partial charge in [0.2, 0.25) is 0 Å². The summed E-state index contributed by atoms with van der Waals surface area (Å²) in [6, 6.07) is 0. The maximum atomic E-state index is 5.05. The Morgan fingerprint density at radius 2 is 1.00 bits per heavy atom. The van der Waals surface area contributed by atoms with Gasteiger partial charge in [-0.25, -0.2) is 0 Å². The van der Waals surface area contributed by atoms with Crippen LogP contribution < -0.4 is 0 Å². The van der Waals surface area contributed by atoms with Gasteiger partial charge >= 0.3 is 0 Å². The van der Waals surface area contributed by atoms with Crippen LogP contribution in [0, 0.1) is 0 Å². The zero-order chi connectivity index (χ0) is 15.7. The van der Waals surface area contributed by atoms with E-state index < -0.39 is 0 Å². The second-order valence-electron chi connectivity index (χ2n) is 7.79. The van der Waals surface area contributed by atoms with Crippen LogP contribution in [0.2, 0.25) is 0 Å². The first-order valence-electron chi connectivity index (χ1n) is 8.13. The van der Waals surface area contributed by atoms with Crippen LogP contribution in [0.1, 0.15) is 90.4 Å². The minimum Gasteiger partial charge on any atom is -0.257 e. The predicted molar refractivity (Wildman–Crippen MR) is 89.8 cm³/mol. The molecule has 1 aromatic heterocycles. The Labute approximate surface area is 126 Å². The molecule has 1 nitrogen and oxygen atoms in total. The number of hydrogen-bond donors (Lipinski definition) is 0. The molecule has 1 rings (SSSR count). The first kappa shape index (κ1) is 17.2. The second kappa shape index (κ2) is 5.87. The van der Waals surface area contributed by atoms with E-state index in [2.05, 4.69) is 62.3 Å². The van der Waals surface area contributed by atoms with Crippen LogP contribution in [0.3, 0.4) is 0 Å². The van der Waals surface area contributed by atoms with Crippen LogP contribution in [0.15, 0.2) is 0 Å². The Morgan fingerprint density at radius 1 is 0.650 bits per heavy atom. The zero-order valence-corrected chi connectivity index (χ0v) is 15.1. The van der Waals surface area contributed by atoms with Gasteiger partial charge in [0, 0.05) is 11.4 Å². The lowest BCUT2D eigenvalue weighted by Gasteiger charge is -2.33. The minimum atomic E-state index is 0.163. The fraction of sp³-hybridized carbons (Fsp3) is 0.737. The molecule has 0 bridgehead atoms.